The van der Waals surface area contributed by atoms with Crippen LogP contribution in [0.15, 0.2) is 18.2 Å². The molecule has 7 heteroatoms. The number of rotatable bonds is 13. The molecule has 1 N–H and O–H groups in total. The number of benzene rings is 1. The number of carbonyl (C=O) groups excluding carboxylic acids is 1. The molecule has 1 unspecified atom stereocenters. The van der Waals surface area contributed by atoms with Crippen molar-refractivity contribution in [1.29, 1.82) is 0 Å². The number of hydrogen-bond donors (Lipinski definition) is 1. The summed E-state index contributed by atoms with van der Waals surface area (Å²) in [4.78, 5) is 12.3. The van der Waals surface area contributed by atoms with Crippen LogP contribution >= 0.6 is 0 Å². The Hall–Kier alpha value is -1.99. The van der Waals surface area contributed by atoms with Crippen LogP contribution in [0.3, 0.4) is 0 Å². The minimum Gasteiger partial charge on any atom is -0.493 e. The third-order valence-electron chi connectivity index (χ3n) is 5.49. The van der Waals surface area contributed by atoms with E-state index in [4.69, 9.17) is 23.7 Å². The summed E-state index contributed by atoms with van der Waals surface area (Å²) in [6.07, 6.45) is 2.17. The Kier molecular flexibility index (Phi) is 10.1. The molecule has 1 aromatic carbocycles. The summed E-state index contributed by atoms with van der Waals surface area (Å²) in [6.45, 7) is 11.9. The fourth-order valence-corrected chi connectivity index (χ4v) is 3.62. The average Bonchev–Trinajstić information content (AvgIpc) is 3.54. The molecule has 182 valence electrons. The van der Waals surface area contributed by atoms with Gasteiger partial charge in [0.25, 0.3) is 0 Å². The Labute approximate surface area is 193 Å². The zero-order valence-corrected chi connectivity index (χ0v) is 20.7. The van der Waals surface area contributed by atoms with Crippen molar-refractivity contribution in [1.82, 2.24) is 5.32 Å². The third kappa shape index (κ3) is 9.25. The molecule has 1 amide bonds. The van der Waals surface area contributed by atoms with Gasteiger partial charge in [-0.1, -0.05) is 19.9 Å². The Morgan fingerprint density at radius 3 is 2.47 bits per heavy atom. The number of methoxy groups -OCH3 is 2. The molecule has 0 radical (unpaired) electrons. The molecular weight excluding hydrogens is 410 g/mol. The van der Waals surface area contributed by atoms with Crippen molar-refractivity contribution in [2.75, 3.05) is 34.0 Å². The zero-order chi connectivity index (χ0) is 23.7. The van der Waals surface area contributed by atoms with Gasteiger partial charge in [-0.2, -0.15) is 0 Å². The average molecular weight is 452 g/mol. The molecule has 0 saturated carbocycles. The normalized spacial score (nSPS) is 17.6. The summed E-state index contributed by atoms with van der Waals surface area (Å²) in [5.74, 6) is 2.26. The molecule has 1 aromatic rings. The van der Waals surface area contributed by atoms with Gasteiger partial charge in [-0.05, 0) is 63.1 Å². The van der Waals surface area contributed by atoms with Gasteiger partial charge in [0.05, 0.1) is 26.4 Å². The van der Waals surface area contributed by atoms with Crippen molar-refractivity contribution in [3.8, 4) is 11.5 Å². The molecule has 0 spiro atoms. The van der Waals surface area contributed by atoms with Crippen molar-refractivity contribution in [2.45, 2.75) is 71.6 Å². The molecule has 7 nitrogen and oxygen atoms in total. The van der Waals surface area contributed by atoms with Crippen LogP contribution in [0.4, 0.5) is 4.79 Å². The molecule has 3 atom stereocenters. The standard InChI is InChI=1S/C25H41NO6/c1-17(2)19(15-20(23-16-31-23)26-24(27)32-25(3,4)5)13-18-9-10-21(29-7)22(14-18)30-12-8-11-28-6/h9-10,14,17,19-20,23H,8,11-13,15-16H2,1-7H3,(H,26,27)/t19-,20-,23?/m0/s1. The van der Waals surface area contributed by atoms with E-state index in [1.54, 1.807) is 14.2 Å². The first-order valence-corrected chi connectivity index (χ1v) is 11.5. The van der Waals surface area contributed by atoms with Gasteiger partial charge in [-0.3, -0.25) is 0 Å². The van der Waals surface area contributed by atoms with Crippen molar-refractivity contribution in [3.63, 3.8) is 0 Å². The monoisotopic (exact) mass is 451 g/mol. The largest absolute Gasteiger partial charge is 0.493 e. The SMILES string of the molecule is COCCCOc1cc(C[C@@H](C[C@H](NC(=O)OC(C)(C)C)C2CO2)C(C)C)ccc1OC. The Balaban J connectivity index is 2.05. The van der Waals surface area contributed by atoms with E-state index >= 15 is 0 Å². The van der Waals surface area contributed by atoms with Gasteiger partial charge in [0, 0.05) is 20.1 Å². The Bertz CT molecular complexity index is 711. The molecule has 0 bridgehead atoms. The zero-order valence-electron chi connectivity index (χ0n) is 20.7. The van der Waals surface area contributed by atoms with Crippen molar-refractivity contribution >= 4 is 6.09 Å². The number of ether oxygens (including phenoxy) is 5. The van der Waals surface area contributed by atoms with Crippen LogP contribution < -0.4 is 14.8 Å². The van der Waals surface area contributed by atoms with Crippen LogP contribution in [0.2, 0.25) is 0 Å². The third-order valence-corrected chi connectivity index (χ3v) is 5.49. The van der Waals surface area contributed by atoms with Crippen molar-refractivity contribution in [3.05, 3.63) is 23.8 Å². The fraction of sp³-hybridized carbons (Fsp3) is 0.720. The molecule has 1 heterocycles. The highest BCUT2D eigenvalue weighted by Crippen LogP contribution is 2.32. The molecule has 1 fully saturated rings. The molecular formula is C25H41NO6. The van der Waals surface area contributed by atoms with Crippen LogP contribution in [0.5, 0.6) is 11.5 Å². The van der Waals surface area contributed by atoms with Gasteiger partial charge < -0.3 is 29.0 Å². The minimum absolute atomic E-state index is 0.0549. The van der Waals surface area contributed by atoms with Crippen LogP contribution in [0.25, 0.3) is 0 Å². The predicted octanol–water partition coefficient (Wildman–Crippen LogP) is 4.61. The summed E-state index contributed by atoms with van der Waals surface area (Å²) in [5.41, 5.74) is 0.651. The van der Waals surface area contributed by atoms with E-state index in [2.05, 4.69) is 31.3 Å². The molecule has 0 aromatic heterocycles. The van der Waals surface area contributed by atoms with Gasteiger partial charge in [0.1, 0.15) is 11.7 Å². The van der Waals surface area contributed by atoms with Crippen LogP contribution in [0, 0.1) is 11.8 Å². The molecule has 1 aliphatic rings. The maximum absolute atomic E-state index is 12.3. The van der Waals surface area contributed by atoms with E-state index in [1.807, 2.05) is 26.8 Å². The highest BCUT2D eigenvalue weighted by molar-refractivity contribution is 5.68. The summed E-state index contributed by atoms with van der Waals surface area (Å²) >= 11 is 0. The Morgan fingerprint density at radius 2 is 1.91 bits per heavy atom. The summed E-state index contributed by atoms with van der Waals surface area (Å²) in [5, 5.41) is 3.03. The van der Waals surface area contributed by atoms with Crippen LogP contribution in [-0.2, 0) is 20.6 Å². The van der Waals surface area contributed by atoms with E-state index in [9.17, 15) is 4.79 Å². The number of carbonyl (C=O) groups is 1. The van der Waals surface area contributed by atoms with E-state index in [0.29, 0.717) is 31.7 Å². The molecule has 32 heavy (non-hydrogen) atoms. The Morgan fingerprint density at radius 1 is 1.19 bits per heavy atom. The van der Waals surface area contributed by atoms with Gasteiger partial charge >= 0.3 is 6.09 Å². The molecule has 2 rings (SSSR count). The van der Waals surface area contributed by atoms with Gasteiger partial charge in [0.15, 0.2) is 11.5 Å². The molecule has 1 aliphatic heterocycles. The van der Waals surface area contributed by atoms with Crippen molar-refractivity contribution in [2.24, 2.45) is 11.8 Å². The smallest absolute Gasteiger partial charge is 0.407 e. The predicted molar refractivity (Wildman–Crippen MR) is 125 cm³/mol. The second-order valence-electron chi connectivity index (χ2n) is 9.75. The second kappa shape index (κ2) is 12.3. The first-order chi connectivity index (χ1) is 15.1. The molecule has 0 aliphatic carbocycles. The first kappa shape index (κ1) is 26.3. The van der Waals surface area contributed by atoms with Gasteiger partial charge in [-0.15, -0.1) is 0 Å². The quantitative estimate of drug-likeness (QED) is 0.349. The highest BCUT2D eigenvalue weighted by atomic mass is 16.6. The lowest BCUT2D eigenvalue weighted by atomic mass is 9.83. The van der Waals surface area contributed by atoms with Crippen LogP contribution in [-0.4, -0.2) is 57.9 Å². The number of nitrogens with one attached hydrogen (secondary N) is 1. The van der Waals surface area contributed by atoms with Crippen LogP contribution in [0.1, 0.15) is 53.0 Å². The summed E-state index contributed by atoms with van der Waals surface area (Å²) < 4.78 is 27.5. The number of alkyl carbamates (subject to hydrolysis) is 1. The number of epoxide rings is 1. The lowest BCUT2D eigenvalue weighted by Gasteiger charge is -2.28. The van der Waals surface area contributed by atoms with E-state index in [-0.39, 0.29) is 12.1 Å². The number of hydrogen-bond acceptors (Lipinski definition) is 6. The maximum Gasteiger partial charge on any atom is 0.407 e. The second-order valence-corrected chi connectivity index (χ2v) is 9.75. The highest BCUT2D eigenvalue weighted by Gasteiger charge is 2.37. The maximum atomic E-state index is 12.3. The van der Waals surface area contributed by atoms with E-state index in [0.717, 1.165) is 30.8 Å². The van der Waals surface area contributed by atoms with Gasteiger partial charge in [0.2, 0.25) is 0 Å². The lowest BCUT2D eigenvalue weighted by molar-refractivity contribution is 0.0483. The minimum atomic E-state index is -0.529. The van der Waals surface area contributed by atoms with E-state index < -0.39 is 11.7 Å². The summed E-state index contributed by atoms with van der Waals surface area (Å²) in [7, 11) is 3.33. The van der Waals surface area contributed by atoms with E-state index in [1.165, 1.54) is 5.56 Å². The number of amides is 1. The summed E-state index contributed by atoms with van der Waals surface area (Å²) in [6, 6.07) is 6.03. The topological polar surface area (TPSA) is 78.6 Å². The fourth-order valence-electron chi connectivity index (χ4n) is 3.62. The first-order valence-electron chi connectivity index (χ1n) is 11.5. The van der Waals surface area contributed by atoms with Gasteiger partial charge in [-0.25, -0.2) is 4.79 Å². The van der Waals surface area contributed by atoms with Crippen molar-refractivity contribution < 1.29 is 28.5 Å². The lowest BCUT2D eigenvalue weighted by Crippen LogP contribution is -2.43. The molecule has 1 saturated heterocycles.